The molecule has 0 radical (unpaired) electrons. The lowest BCUT2D eigenvalue weighted by atomic mass is 9.52. The van der Waals surface area contributed by atoms with Gasteiger partial charge in [0.2, 0.25) is 11.8 Å². The molecule has 2 amide bonds. The predicted molar refractivity (Wildman–Crippen MR) is 255 cm³/mol. The van der Waals surface area contributed by atoms with E-state index in [0.717, 1.165) is 68.9 Å². The van der Waals surface area contributed by atoms with Gasteiger partial charge in [0.15, 0.2) is 11.8 Å². The van der Waals surface area contributed by atoms with Crippen LogP contribution in [0.15, 0.2) is 29.8 Å². The number of hydrogen-bond acceptors (Lipinski definition) is 12. The molecular formula is C54H81N3O11. The van der Waals surface area contributed by atoms with Gasteiger partial charge in [0.1, 0.15) is 35.4 Å². The summed E-state index contributed by atoms with van der Waals surface area (Å²) in [4.78, 5) is 62.0. The molecule has 4 saturated heterocycles. The average molecular weight is 948 g/mol. The van der Waals surface area contributed by atoms with Crippen LogP contribution in [0.2, 0.25) is 0 Å². The fourth-order valence-electron chi connectivity index (χ4n) is 12.7. The molecule has 8 rings (SSSR count). The summed E-state index contributed by atoms with van der Waals surface area (Å²) in [5.74, 6) is -1.49. The number of unbranched alkanes of at least 4 members (excludes halogenated alkanes) is 4. The number of esters is 2. The largest absolute Gasteiger partial charge is 0.460 e. The Kier molecular flexibility index (Phi) is 15.3. The minimum Gasteiger partial charge on any atom is -0.460 e. The van der Waals surface area contributed by atoms with Crippen LogP contribution in [-0.4, -0.2) is 107 Å². The zero-order valence-corrected chi connectivity index (χ0v) is 42.2. The lowest BCUT2D eigenvalue weighted by molar-refractivity contribution is -0.224. The van der Waals surface area contributed by atoms with Crippen molar-refractivity contribution < 1.29 is 52.8 Å². The molecule has 1 aromatic carbocycles. The zero-order valence-electron chi connectivity index (χ0n) is 42.2. The van der Waals surface area contributed by atoms with Gasteiger partial charge >= 0.3 is 11.9 Å². The van der Waals surface area contributed by atoms with Crippen molar-refractivity contribution in [1.29, 1.82) is 0 Å². The Hall–Kier alpha value is -3.40. The van der Waals surface area contributed by atoms with Crippen molar-refractivity contribution in [3.63, 3.8) is 0 Å². The molecule has 1 aromatic rings. The molecule has 14 heteroatoms. The van der Waals surface area contributed by atoms with E-state index in [0.29, 0.717) is 36.2 Å². The number of benzene rings is 1. The average Bonchev–Trinajstić information content (AvgIpc) is 3.55. The molecule has 2 bridgehead atoms. The zero-order chi connectivity index (χ0) is 48.6. The Morgan fingerprint density at radius 3 is 2.40 bits per heavy atom. The number of carbonyl (C=O) groups excluding carboxylic acids is 4. The van der Waals surface area contributed by atoms with Crippen molar-refractivity contribution in [3.8, 4) is 0 Å². The van der Waals surface area contributed by atoms with Crippen LogP contribution in [0.3, 0.4) is 0 Å². The molecule has 378 valence electrons. The molecule has 0 aromatic heterocycles. The highest BCUT2D eigenvalue weighted by molar-refractivity contribution is 5.94. The number of epoxide rings is 1. The fourth-order valence-corrected chi connectivity index (χ4v) is 12.7. The van der Waals surface area contributed by atoms with Crippen LogP contribution in [0.4, 0.5) is 0 Å². The van der Waals surface area contributed by atoms with Crippen LogP contribution in [0, 0.1) is 22.7 Å². The van der Waals surface area contributed by atoms with E-state index in [2.05, 4.69) is 69.5 Å². The minimum absolute atomic E-state index is 0.0123. The van der Waals surface area contributed by atoms with Gasteiger partial charge in [-0.15, -0.1) is 0 Å². The van der Waals surface area contributed by atoms with Crippen LogP contribution in [0.5, 0.6) is 0 Å². The molecule has 3 saturated carbocycles. The third-order valence-corrected chi connectivity index (χ3v) is 16.4. The Balaban J connectivity index is 1.02. The van der Waals surface area contributed by atoms with Gasteiger partial charge in [0.25, 0.3) is 0 Å². The summed E-state index contributed by atoms with van der Waals surface area (Å²) in [5.41, 5.74) is 1.79. The number of hydrogen-bond donors (Lipinski definition) is 3. The van der Waals surface area contributed by atoms with Gasteiger partial charge in [0, 0.05) is 38.6 Å². The first-order valence-electron chi connectivity index (χ1n) is 26.2. The second kappa shape index (κ2) is 20.4. The van der Waals surface area contributed by atoms with Crippen molar-refractivity contribution in [2.75, 3.05) is 13.2 Å². The van der Waals surface area contributed by atoms with Crippen molar-refractivity contribution in [1.82, 2.24) is 15.7 Å². The van der Waals surface area contributed by atoms with Crippen molar-refractivity contribution in [2.45, 2.75) is 231 Å². The quantitative estimate of drug-likeness (QED) is 0.0654. The summed E-state index contributed by atoms with van der Waals surface area (Å²) in [6.45, 7) is 16.6. The van der Waals surface area contributed by atoms with E-state index < -0.39 is 77.1 Å². The van der Waals surface area contributed by atoms with Crippen molar-refractivity contribution >= 4 is 29.8 Å². The summed E-state index contributed by atoms with van der Waals surface area (Å²) in [6.07, 6.45) is 13.0. The third-order valence-electron chi connectivity index (χ3n) is 16.4. The number of ether oxygens (including phenoxy) is 5. The highest BCUT2D eigenvalue weighted by atomic mass is 16.8. The first kappa shape index (κ1) is 51.0. The maximum absolute atomic E-state index is 15.0. The molecule has 7 fully saturated rings. The van der Waals surface area contributed by atoms with E-state index in [1.165, 1.54) is 18.4 Å². The normalized spacial score (nSPS) is 34.2. The molecule has 4 aliphatic heterocycles. The second-order valence-electron chi connectivity index (χ2n) is 23.2. The first-order chi connectivity index (χ1) is 32.3. The minimum atomic E-state index is -1.40. The van der Waals surface area contributed by atoms with Crippen LogP contribution in [-0.2, 0) is 54.2 Å². The maximum atomic E-state index is 15.0. The highest BCUT2D eigenvalue weighted by Gasteiger charge is 2.76. The van der Waals surface area contributed by atoms with Crippen LogP contribution < -0.4 is 10.6 Å². The molecule has 11 atom stereocenters. The van der Waals surface area contributed by atoms with Gasteiger partial charge < -0.3 is 39.4 Å². The Morgan fingerprint density at radius 2 is 1.71 bits per heavy atom. The molecule has 7 aliphatic rings. The van der Waals surface area contributed by atoms with Crippen LogP contribution >= 0.6 is 0 Å². The fraction of sp³-hybridized carbons (Fsp3) is 0.778. The Bertz CT molecular complexity index is 2020. The number of nitrogens with one attached hydrogen (secondary N) is 2. The SMILES string of the molecule is CCCCCC1(CCCCC)OC2C3CC4(C(=O)NCCC(=O)NC(CO)CCC(=O)OC(C)(C)C)C(ON(Cc5cccc(C=C6CCC7OC7(C)CCC7C6CC7(C)C)c5)C4C(=O)O3)C2O1. The number of fused-ring (bicyclic) bond motifs is 6. The monoisotopic (exact) mass is 948 g/mol. The second-order valence-corrected chi connectivity index (χ2v) is 23.2. The van der Waals surface area contributed by atoms with Crippen molar-refractivity contribution in [3.05, 3.63) is 41.0 Å². The smallest absolute Gasteiger partial charge is 0.327 e. The summed E-state index contributed by atoms with van der Waals surface area (Å²) in [5, 5.41) is 17.5. The number of amides is 2. The number of aliphatic hydroxyl groups is 1. The van der Waals surface area contributed by atoms with E-state index in [9.17, 15) is 19.5 Å². The van der Waals surface area contributed by atoms with Gasteiger partial charge in [-0.2, -0.15) is 5.06 Å². The number of nitrogens with zero attached hydrogens (tertiary/aromatic N) is 1. The predicted octanol–water partition coefficient (Wildman–Crippen LogP) is 8.01. The van der Waals surface area contributed by atoms with Crippen LogP contribution in [0.1, 0.15) is 176 Å². The molecule has 3 N–H and O–H groups in total. The van der Waals surface area contributed by atoms with Gasteiger partial charge in [-0.05, 0) is 107 Å². The lowest BCUT2D eigenvalue weighted by Crippen LogP contribution is -2.69. The number of carbonyl (C=O) groups is 4. The molecule has 68 heavy (non-hydrogen) atoms. The van der Waals surface area contributed by atoms with E-state index >= 15 is 4.79 Å². The van der Waals surface area contributed by atoms with Crippen LogP contribution in [0.25, 0.3) is 6.08 Å². The highest BCUT2D eigenvalue weighted by Crippen LogP contribution is 2.61. The molecular weight excluding hydrogens is 867 g/mol. The summed E-state index contributed by atoms with van der Waals surface area (Å²) in [7, 11) is 0. The van der Waals surface area contributed by atoms with Gasteiger partial charge in [-0.25, -0.2) is 0 Å². The Labute approximate surface area is 404 Å². The Morgan fingerprint density at radius 1 is 0.971 bits per heavy atom. The summed E-state index contributed by atoms with van der Waals surface area (Å²) >= 11 is 0. The number of allylic oxidation sites excluding steroid dienone is 1. The molecule has 4 heterocycles. The van der Waals surface area contributed by atoms with Crippen molar-refractivity contribution in [2.24, 2.45) is 22.7 Å². The van der Waals surface area contributed by atoms with E-state index in [-0.39, 0.29) is 51.0 Å². The maximum Gasteiger partial charge on any atom is 0.327 e. The van der Waals surface area contributed by atoms with Gasteiger partial charge in [0.05, 0.1) is 30.9 Å². The number of rotatable bonds is 20. The van der Waals surface area contributed by atoms with E-state index in [4.69, 9.17) is 28.5 Å². The third kappa shape index (κ3) is 10.8. The molecule has 11 unspecified atom stereocenters. The van der Waals surface area contributed by atoms with Gasteiger partial charge in [-0.1, -0.05) is 89.3 Å². The molecule has 3 aliphatic carbocycles. The van der Waals surface area contributed by atoms with E-state index in [1.54, 1.807) is 25.8 Å². The topological polar surface area (TPSA) is 174 Å². The van der Waals surface area contributed by atoms with E-state index in [1.807, 2.05) is 6.07 Å². The first-order valence-corrected chi connectivity index (χ1v) is 26.2. The molecule has 0 spiro atoms. The number of aliphatic hydroxyl groups excluding tert-OH is 1. The number of hydroxylamine groups is 2. The van der Waals surface area contributed by atoms with Gasteiger partial charge in [-0.3, -0.25) is 24.0 Å². The molecule has 14 nitrogen and oxygen atoms in total. The lowest BCUT2D eigenvalue weighted by Gasteiger charge is -2.53. The summed E-state index contributed by atoms with van der Waals surface area (Å²) < 4.78 is 31.9. The summed E-state index contributed by atoms with van der Waals surface area (Å²) in [6, 6.07) is 6.66. The standard InChI is InChI=1S/C54H81N3O11/c1-9-11-13-24-53(25-14-12-10-2)66-44-40-31-54(49(62)55-27-23-42(59)56-37(33-58)19-21-43(60)65-50(3,4)5)46(48(61)63-40)57(68-47(54)45(44)67-53)32-35-17-15-16-34(28-35)29-36-18-20-41-52(8,64-41)26-22-39-38(36)30-51(39,6)7/h15-17,28-29,37-41,44-47,58H,9-14,18-27,30-33H2,1-8H3,(H,55,62)(H,56,59).